The first kappa shape index (κ1) is 12.1. The van der Waals surface area contributed by atoms with Gasteiger partial charge in [-0.2, -0.15) is 11.3 Å². The van der Waals surface area contributed by atoms with Crippen molar-refractivity contribution in [2.45, 2.75) is 51.5 Å². The summed E-state index contributed by atoms with van der Waals surface area (Å²) in [5.74, 6) is 0.848. The molecule has 0 radical (unpaired) electrons. The van der Waals surface area contributed by atoms with Crippen molar-refractivity contribution in [1.29, 1.82) is 0 Å². The maximum absolute atomic E-state index is 3.55. The van der Waals surface area contributed by atoms with E-state index in [-0.39, 0.29) is 0 Å². The summed E-state index contributed by atoms with van der Waals surface area (Å²) in [6.07, 6.45) is 8.53. The van der Waals surface area contributed by atoms with Crippen LogP contribution in [0.4, 0.5) is 0 Å². The molecule has 1 N–H and O–H groups in total. The third-order valence-corrected chi connectivity index (χ3v) is 4.79. The normalized spacial score (nSPS) is 20.6. The number of hydrogen-bond donors (Lipinski definition) is 1. The molecule has 90 valence electrons. The molecule has 1 aliphatic rings. The number of thiophene rings is 1. The van der Waals surface area contributed by atoms with Crippen molar-refractivity contribution in [2.24, 2.45) is 5.92 Å². The average molecular weight is 237 g/mol. The van der Waals surface area contributed by atoms with E-state index in [0.29, 0.717) is 6.04 Å². The topological polar surface area (TPSA) is 12.0 Å². The van der Waals surface area contributed by atoms with Gasteiger partial charge in [-0.15, -0.1) is 0 Å². The molecule has 2 rings (SSSR count). The van der Waals surface area contributed by atoms with Crippen LogP contribution in [0.15, 0.2) is 10.8 Å². The molecular formula is C14H23NS. The Kier molecular flexibility index (Phi) is 4.42. The molecular weight excluding hydrogens is 214 g/mol. The van der Waals surface area contributed by atoms with Crippen molar-refractivity contribution >= 4 is 11.3 Å². The summed E-state index contributed by atoms with van der Waals surface area (Å²) >= 11 is 1.84. The summed E-state index contributed by atoms with van der Waals surface area (Å²) in [7, 11) is 2.12. The van der Waals surface area contributed by atoms with Crippen molar-refractivity contribution in [1.82, 2.24) is 5.32 Å². The summed E-state index contributed by atoms with van der Waals surface area (Å²) < 4.78 is 0. The zero-order valence-corrected chi connectivity index (χ0v) is 11.3. The van der Waals surface area contributed by atoms with Crippen LogP contribution in [-0.2, 0) is 0 Å². The first-order valence-electron chi connectivity index (χ1n) is 6.53. The molecule has 1 saturated carbocycles. The zero-order chi connectivity index (χ0) is 11.4. The molecule has 0 bridgehead atoms. The third-order valence-electron chi connectivity index (χ3n) is 3.91. The highest BCUT2D eigenvalue weighted by atomic mass is 32.1. The van der Waals surface area contributed by atoms with Crippen molar-refractivity contribution in [3.8, 4) is 0 Å². The van der Waals surface area contributed by atoms with E-state index in [2.05, 4.69) is 30.0 Å². The number of hydrogen-bond acceptors (Lipinski definition) is 2. The second-order valence-electron chi connectivity index (χ2n) is 5.03. The lowest BCUT2D eigenvalue weighted by molar-refractivity contribution is 0.341. The van der Waals surface area contributed by atoms with Gasteiger partial charge in [0.15, 0.2) is 0 Å². The van der Waals surface area contributed by atoms with Crippen molar-refractivity contribution in [3.63, 3.8) is 0 Å². The highest BCUT2D eigenvalue weighted by Crippen LogP contribution is 2.35. The maximum Gasteiger partial charge on any atom is 0.0357 e. The fourth-order valence-corrected chi connectivity index (χ4v) is 3.87. The molecule has 16 heavy (non-hydrogen) atoms. The Hall–Kier alpha value is -0.340. The van der Waals surface area contributed by atoms with Crippen molar-refractivity contribution < 1.29 is 0 Å². The largest absolute Gasteiger partial charge is 0.313 e. The van der Waals surface area contributed by atoms with Gasteiger partial charge in [-0.3, -0.25) is 0 Å². The number of nitrogens with one attached hydrogen (secondary N) is 1. The average Bonchev–Trinajstić information content (AvgIpc) is 2.57. The van der Waals surface area contributed by atoms with Crippen LogP contribution in [0.1, 0.15) is 55.7 Å². The van der Waals surface area contributed by atoms with E-state index >= 15 is 0 Å². The number of rotatable bonds is 3. The predicted molar refractivity (Wildman–Crippen MR) is 72.0 cm³/mol. The Bertz CT molecular complexity index is 310. The van der Waals surface area contributed by atoms with Crippen LogP contribution in [-0.4, -0.2) is 7.05 Å². The summed E-state index contributed by atoms with van der Waals surface area (Å²) in [4.78, 5) is 0. The standard InChI is InChI=1S/C14H23NS/c1-11-9-16-10-13(11)14(15-2)12-7-5-3-4-6-8-12/h9-10,12,14-15H,3-8H2,1-2H3. The lowest BCUT2D eigenvalue weighted by Crippen LogP contribution is -2.25. The van der Waals surface area contributed by atoms with E-state index in [9.17, 15) is 0 Å². The van der Waals surface area contributed by atoms with Crippen LogP contribution in [0.25, 0.3) is 0 Å². The lowest BCUT2D eigenvalue weighted by Gasteiger charge is -2.26. The molecule has 0 spiro atoms. The van der Waals surface area contributed by atoms with Gasteiger partial charge in [0, 0.05) is 6.04 Å². The Morgan fingerprint density at radius 2 is 1.88 bits per heavy atom. The molecule has 0 aromatic carbocycles. The van der Waals surface area contributed by atoms with E-state index < -0.39 is 0 Å². The van der Waals surface area contributed by atoms with Gasteiger partial charge >= 0.3 is 0 Å². The Morgan fingerprint density at radius 1 is 1.19 bits per heavy atom. The smallest absolute Gasteiger partial charge is 0.0357 e. The fourth-order valence-electron chi connectivity index (χ4n) is 2.98. The van der Waals surface area contributed by atoms with Gasteiger partial charge in [0.2, 0.25) is 0 Å². The zero-order valence-electron chi connectivity index (χ0n) is 10.5. The highest BCUT2D eigenvalue weighted by molar-refractivity contribution is 7.08. The van der Waals surface area contributed by atoms with Gasteiger partial charge < -0.3 is 5.32 Å². The van der Waals surface area contributed by atoms with Gasteiger partial charge in [0.1, 0.15) is 0 Å². The Morgan fingerprint density at radius 3 is 2.38 bits per heavy atom. The van der Waals surface area contributed by atoms with Crippen LogP contribution in [0.5, 0.6) is 0 Å². The van der Waals surface area contributed by atoms with E-state index in [1.807, 2.05) is 11.3 Å². The molecule has 1 fully saturated rings. The minimum Gasteiger partial charge on any atom is -0.313 e. The molecule has 1 nitrogen and oxygen atoms in total. The molecule has 1 aromatic rings. The van der Waals surface area contributed by atoms with Crippen LogP contribution < -0.4 is 5.32 Å². The molecule has 1 atom stereocenters. The first-order valence-corrected chi connectivity index (χ1v) is 7.47. The summed E-state index contributed by atoms with van der Waals surface area (Å²) in [5, 5.41) is 8.16. The van der Waals surface area contributed by atoms with Crippen molar-refractivity contribution in [2.75, 3.05) is 7.05 Å². The third kappa shape index (κ3) is 2.67. The summed E-state index contributed by atoms with van der Waals surface area (Å²) in [6, 6.07) is 0.587. The molecule has 1 unspecified atom stereocenters. The van der Waals surface area contributed by atoms with Gasteiger partial charge in [0.05, 0.1) is 0 Å². The second kappa shape index (κ2) is 5.83. The van der Waals surface area contributed by atoms with Gasteiger partial charge in [-0.1, -0.05) is 25.7 Å². The molecule has 2 heteroatoms. The Labute approximate surface area is 103 Å². The first-order chi connectivity index (χ1) is 7.83. The van der Waals surface area contributed by atoms with E-state index in [4.69, 9.17) is 0 Å². The second-order valence-corrected chi connectivity index (χ2v) is 5.77. The van der Waals surface area contributed by atoms with E-state index in [1.54, 1.807) is 5.56 Å². The van der Waals surface area contributed by atoms with Crippen LogP contribution in [0.3, 0.4) is 0 Å². The van der Waals surface area contributed by atoms with Crippen molar-refractivity contribution in [3.05, 3.63) is 21.9 Å². The quantitative estimate of drug-likeness (QED) is 0.773. The maximum atomic E-state index is 3.55. The molecule has 1 heterocycles. The minimum absolute atomic E-state index is 0.587. The van der Waals surface area contributed by atoms with Crippen LogP contribution in [0.2, 0.25) is 0 Å². The molecule has 1 aromatic heterocycles. The van der Waals surface area contributed by atoms with E-state index in [0.717, 1.165) is 5.92 Å². The lowest BCUT2D eigenvalue weighted by atomic mass is 9.87. The monoisotopic (exact) mass is 237 g/mol. The fraction of sp³-hybridized carbons (Fsp3) is 0.714. The molecule has 1 aliphatic carbocycles. The summed E-state index contributed by atoms with van der Waals surface area (Å²) in [5.41, 5.74) is 3.01. The molecule has 0 saturated heterocycles. The predicted octanol–water partition coefficient (Wildman–Crippen LogP) is 4.29. The van der Waals surface area contributed by atoms with E-state index in [1.165, 1.54) is 44.1 Å². The van der Waals surface area contributed by atoms with Gasteiger partial charge in [0.25, 0.3) is 0 Å². The van der Waals surface area contributed by atoms with Gasteiger partial charge in [-0.25, -0.2) is 0 Å². The van der Waals surface area contributed by atoms with Crippen LogP contribution in [0, 0.1) is 12.8 Å². The molecule has 0 amide bonds. The molecule has 0 aliphatic heterocycles. The van der Waals surface area contributed by atoms with Crippen LogP contribution >= 0.6 is 11.3 Å². The highest BCUT2D eigenvalue weighted by Gasteiger charge is 2.24. The SMILES string of the molecule is CNC(c1cscc1C)C1CCCCCC1. The Balaban J connectivity index is 2.12. The summed E-state index contributed by atoms with van der Waals surface area (Å²) in [6.45, 7) is 2.24. The van der Waals surface area contributed by atoms with Gasteiger partial charge in [-0.05, 0) is 54.6 Å². The minimum atomic E-state index is 0.587. The number of aryl methyl sites for hydroxylation is 1.